The molecule has 1 amide bonds. The molecule has 0 saturated carbocycles. The highest BCUT2D eigenvalue weighted by atomic mass is 79.9. The molecule has 1 aromatic carbocycles. The van der Waals surface area contributed by atoms with Gasteiger partial charge in [0.15, 0.2) is 5.65 Å². The maximum Gasteiger partial charge on any atom is 0.237 e. The van der Waals surface area contributed by atoms with E-state index in [9.17, 15) is 14.3 Å². The summed E-state index contributed by atoms with van der Waals surface area (Å²) in [5.41, 5.74) is 9.40. The molecular formula is C22H21BrFN7O2. The van der Waals surface area contributed by atoms with Crippen molar-refractivity contribution >= 4 is 44.2 Å². The summed E-state index contributed by atoms with van der Waals surface area (Å²) < 4.78 is 15.7. The second-order valence-corrected chi connectivity index (χ2v) is 8.92. The third-order valence-electron chi connectivity index (χ3n) is 5.80. The monoisotopic (exact) mass is 513 g/mol. The van der Waals surface area contributed by atoms with Crippen molar-refractivity contribution in [1.29, 1.82) is 0 Å². The first-order chi connectivity index (χ1) is 15.8. The number of hydrogen-bond donors (Lipinski definition) is 4. The number of rotatable bonds is 4. The zero-order chi connectivity index (χ0) is 23.3. The van der Waals surface area contributed by atoms with E-state index in [2.05, 4.69) is 36.6 Å². The standard InChI is InChI=1S/C22H21BrFN7O2/c1-10(29-22(33)17-6-14(32)8-27-17)19-18(23)20(25)31-21(30-19)15(9-28-31)12-4-11-5-13(24)2-3-16(11)26-7-12/h2-5,7,9-10,14,17,27,32H,6,8,25H2,1H3,(H,29,33)/t10?,14-,17-/m0/s1. The van der Waals surface area contributed by atoms with Crippen LogP contribution in [-0.2, 0) is 4.79 Å². The number of hydrogen-bond acceptors (Lipinski definition) is 7. The first-order valence-corrected chi connectivity index (χ1v) is 11.2. The predicted octanol–water partition coefficient (Wildman–Crippen LogP) is 2.33. The number of halogens is 2. The molecule has 5 rings (SSSR count). The second-order valence-electron chi connectivity index (χ2n) is 8.13. The average Bonchev–Trinajstić information content (AvgIpc) is 3.42. The number of aromatic nitrogens is 4. The van der Waals surface area contributed by atoms with Crippen LogP contribution in [0.25, 0.3) is 27.7 Å². The molecule has 9 nitrogen and oxygen atoms in total. The van der Waals surface area contributed by atoms with E-state index in [1.165, 1.54) is 16.6 Å². The van der Waals surface area contributed by atoms with Crippen molar-refractivity contribution < 1.29 is 14.3 Å². The number of nitrogen functional groups attached to an aromatic ring is 1. The Kier molecular flexibility index (Phi) is 5.47. The topological polar surface area (TPSA) is 130 Å². The smallest absolute Gasteiger partial charge is 0.237 e. The number of nitrogens with one attached hydrogen (secondary N) is 2. The normalized spacial score (nSPS) is 19.3. The quantitative estimate of drug-likeness (QED) is 0.329. The van der Waals surface area contributed by atoms with Gasteiger partial charge in [0.2, 0.25) is 5.91 Å². The van der Waals surface area contributed by atoms with Gasteiger partial charge in [-0.05, 0) is 53.5 Å². The van der Waals surface area contributed by atoms with E-state index in [0.29, 0.717) is 56.6 Å². The lowest BCUT2D eigenvalue weighted by molar-refractivity contribution is -0.123. The maximum atomic E-state index is 13.7. The number of β-amino-alcohol motifs (C(OH)–C–C–N with tert-alkyl or cyclic N) is 1. The highest BCUT2D eigenvalue weighted by Gasteiger charge is 2.30. The van der Waals surface area contributed by atoms with Gasteiger partial charge in [0, 0.05) is 29.3 Å². The van der Waals surface area contributed by atoms with E-state index in [4.69, 9.17) is 10.7 Å². The molecule has 0 spiro atoms. The summed E-state index contributed by atoms with van der Waals surface area (Å²) >= 11 is 3.48. The fourth-order valence-electron chi connectivity index (χ4n) is 4.05. The number of fused-ring (bicyclic) bond motifs is 2. The van der Waals surface area contributed by atoms with Crippen LogP contribution in [0.1, 0.15) is 25.1 Å². The molecular weight excluding hydrogens is 493 g/mol. The van der Waals surface area contributed by atoms with Gasteiger partial charge < -0.3 is 21.5 Å². The van der Waals surface area contributed by atoms with Crippen LogP contribution in [0.5, 0.6) is 0 Å². The van der Waals surface area contributed by atoms with Crippen LogP contribution < -0.4 is 16.4 Å². The van der Waals surface area contributed by atoms with Crippen molar-refractivity contribution in [3.8, 4) is 11.1 Å². The minimum Gasteiger partial charge on any atom is -0.392 e. The first kappa shape index (κ1) is 21.7. The summed E-state index contributed by atoms with van der Waals surface area (Å²) in [7, 11) is 0. The van der Waals surface area contributed by atoms with Crippen LogP contribution in [0, 0.1) is 5.82 Å². The molecule has 1 unspecified atom stereocenters. The number of benzene rings is 1. The van der Waals surface area contributed by atoms with Gasteiger partial charge in [0.1, 0.15) is 11.6 Å². The SMILES string of the molecule is CC(NC(=O)[C@@H]1C[C@H](O)CN1)c1nc2c(-c3cnc4ccc(F)cc4c3)cnn2c(N)c1Br. The number of anilines is 1. The van der Waals surface area contributed by atoms with Gasteiger partial charge in [-0.1, -0.05) is 0 Å². The van der Waals surface area contributed by atoms with Crippen molar-refractivity contribution in [3.05, 3.63) is 52.6 Å². The number of nitrogens with two attached hydrogens (primary N) is 1. The van der Waals surface area contributed by atoms with E-state index >= 15 is 0 Å². The molecule has 1 aliphatic heterocycles. The van der Waals surface area contributed by atoms with Crippen LogP contribution in [0.3, 0.4) is 0 Å². The summed E-state index contributed by atoms with van der Waals surface area (Å²) in [6.45, 7) is 2.19. The lowest BCUT2D eigenvalue weighted by atomic mass is 10.1. The zero-order valence-electron chi connectivity index (χ0n) is 17.6. The molecule has 33 heavy (non-hydrogen) atoms. The van der Waals surface area contributed by atoms with Crippen molar-refractivity contribution in [1.82, 2.24) is 30.2 Å². The third kappa shape index (κ3) is 3.92. The molecule has 4 aromatic rings. The molecule has 5 N–H and O–H groups in total. The van der Waals surface area contributed by atoms with Crippen molar-refractivity contribution in [2.24, 2.45) is 0 Å². The molecule has 0 bridgehead atoms. The summed E-state index contributed by atoms with van der Waals surface area (Å²) in [5, 5.41) is 20.6. The van der Waals surface area contributed by atoms with Crippen molar-refractivity contribution in [2.75, 3.05) is 12.3 Å². The van der Waals surface area contributed by atoms with Crippen LogP contribution >= 0.6 is 15.9 Å². The fraction of sp³-hybridized carbons (Fsp3) is 0.273. The number of nitrogens with zero attached hydrogens (tertiary/aromatic N) is 4. The largest absolute Gasteiger partial charge is 0.392 e. The van der Waals surface area contributed by atoms with Gasteiger partial charge >= 0.3 is 0 Å². The Hall–Kier alpha value is -3.15. The average molecular weight is 514 g/mol. The highest BCUT2D eigenvalue weighted by molar-refractivity contribution is 9.10. The Morgan fingerprint density at radius 2 is 2.21 bits per heavy atom. The summed E-state index contributed by atoms with van der Waals surface area (Å²) in [4.78, 5) is 21.8. The fourth-order valence-corrected chi connectivity index (χ4v) is 4.65. The number of aliphatic hydroxyl groups is 1. The molecule has 1 saturated heterocycles. The number of aliphatic hydroxyl groups excluding tert-OH is 1. The lowest BCUT2D eigenvalue weighted by Gasteiger charge is -2.19. The molecule has 4 heterocycles. The van der Waals surface area contributed by atoms with E-state index in [1.807, 2.05) is 13.0 Å². The number of carbonyl (C=O) groups is 1. The van der Waals surface area contributed by atoms with E-state index in [0.717, 1.165) is 0 Å². The van der Waals surface area contributed by atoms with E-state index in [1.54, 1.807) is 18.5 Å². The van der Waals surface area contributed by atoms with E-state index in [-0.39, 0.29) is 11.7 Å². The summed E-state index contributed by atoms with van der Waals surface area (Å²) in [6, 6.07) is 5.31. The van der Waals surface area contributed by atoms with Crippen LogP contribution in [0.15, 0.2) is 41.1 Å². The van der Waals surface area contributed by atoms with Crippen molar-refractivity contribution in [3.63, 3.8) is 0 Å². The summed E-state index contributed by atoms with van der Waals surface area (Å²) in [6.07, 6.45) is 3.13. The molecule has 11 heteroatoms. The molecule has 0 radical (unpaired) electrons. The van der Waals surface area contributed by atoms with Gasteiger partial charge in [0.05, 0.1) is 40.1 Å². The molecule has 1 fully saturated rings. The van der Waals surface area contributed by atoms with Gasteiger partial charge in [0.25, 0.3) is 0 Å². The van der Waals surface area contributed by atoms with Gasteiger partial charge in [-0.25, -0.2) is 9.37 Å². The van der Waals surface area contributed by atoms with Crippen LogP contribution in [0.4, 0.5) is 10.2 Å². The number of amides is 1. The Bertz CT molecular complexity index is 1390. The molecule has 170 valence electrons. The third-order valence-corrected chi connectivity index (χ3v) is 6.61. The van der Waals surface area contributed by atoms with Gasteiger partial charge in [-0.15, -0.1) is 0 Å². The first-order valence-electron chi connectivity index (χ1n) is 10.4. The molecule has 0 aliphatic carbocycles. The molecule has 3 aromatic heterocycles. The van der Waals surface area contributed by atoms with Crippen molar-refractivity contribution in [2.45, 2.75) is 31.5 Å². The molecule has 3 atom stereocenters. The second kappa shape index (κ2) is 8.32. The minimum atomic E-state index is -0.536. The predicted molar refractivity (Wildman–Crippen MR) is 125 cm³/mol. The molecule has 1 aliphatic rings. The number of carbonyl (C=O) groups excluding carboxylic acids is 1. The maximum absolute atomic E-state index is 13.7. The van der Waals surface area contributed by atoms with Crippen LogP contribution in [-0.4, -0.2) is 49.3 Å². The van der Waals surface area contributed by atoms with Gasteiger partial charge in [-0.2, -0.15) is 9.61 Å². The zero-order valence-corrected chi connectivity index (χ0v) is 19.2. The van der Waals surface area contributed by atoms with Crippen LogP contribution in [0.2, 0.25) is 0 Å². The number of pyridine rings is 1. The summed E-state index contributed by atoms with van der Waals surface area (Å²) in [5.74, 6) is -0.235. The Balaban J connectivity index is 1.53. The van der Waals surface area contributed by atoms with E-state index < -0.39 is 18.2 Å². The minimum absolute atomic E-state index is 0.222. The highest BCUT2D eigenvalue weighted by Crippen LogP contribution is 2.33. The lowest BCUT2D eigenvalue weighted by Crippen LogP contribution is -2.41. The Labute approximate surface area is 196 Å². The Morgan fingerprint density at radius 1 is 1.39 bits per heavy atom. The Morgan fingerprint density at radius 3 is 2.97 bits per heavy atom. The van der Waals surface area contributed by atoms with Gasteiger partial charge in [-0.3, -0.25) is 9.78 Å².